The van der Waals surface area contributed by atoms with Crippen LogP contribution in [0.1, 0.15) is 31.1 Å². The minimum Gasteiger partial charge on any atom is -0.454 e. The van der Waals surface area contributed by atoms with E-state index < -0.39 is 36.5 Å². The second-order valence-corrected chi connectivity index (χ2v) is 6.34. The van der Waals surface area contributed by atoms with E-state index in [1.165, 1.54) is 13.0 Å². The van der Waals surface area contributed by atoms with E-state index >= 15 is 0 Å². The molecule has 0 unspecified atom stereocenters. The van der Waals surface area contributed by atoms with E-state index in [1.807, 2.05) is 19.2 Å². The molecule has 0 saturated heterocycles. The summed E-state index contributed by atoms with van der Waals surface area (Å²) in [5.74, 6) is -1.90. The van der Waals surface area contributed by atoms with Crippen LogP contribution in [0.4, 0.5) is 4.79 Å². The Morgan fingerprint density at radius 3 is 2.38 bits per heavy atom. The number of rotatable bonds is 7. The van der Waals surface area contributed by atoms with Crippen LogP contribution < -0.4 is 16.0 Å². The van der Waals surface area contributed by atoms with Crippen LogP contribution in [0, 0.1) is 5.92 Å². The molecule has 1 atom stereocenters. The highest BCUT2D eigenvalue weighted by atomic mass is 35.5. The van der Waals surface area contributed by atoms with E-state index in [-0.39, 0.29) is 16.5 Å². The van der Waals surface area contributed by atoms with Gasteiger partial charge >= 0.3 is 12.0 Å². The number of esters is 1. The van der Waals surface area contributed by atoms with Crippen LogP contribution in [-0.2, 0) is 14.3 Å². The number of benzene rings is 1. The summed E-state index contributed by atoms with van der Waals surface area (Å²) < 4.78 is 4.78. The Morgan fingerprint density at radius 2 is 1.77 bits per heavy atom. The van der Waals surface area contributed by atoms with Crippen molar-refractivity contribution in [2.45, 2.75) is 26.8 Å². The summed E-state index contributed by atoms with van der Waals surface area (Å²) in [6, 6.07) is 4.71. The minimum atomic E-state index is -0.999. The quantitative estimate of drug-likeness (QED) is 0.617. The average molecular weight is 384 g/mol. The lowest BCUT2D eigenvalue weighted by Gasteiger charge is -2.14. The lowest BCUT2D eigenvalue weighted by Crippen LogP contribution is -2.44. The van der Waals surface area contributed by atoms with Crippen molar-refractivity contribution in [3.05, 3.63) is 34.9 Å². The summed E-state index contributed by atoms with van der Waals surface area (Å²) in [5.41, 5.74) is 0.216. The maximum absolute atomic E-state index is 12.1. The number of amides is 4. The summed E-state index contributed by atoms with van der Waals surface area (Å²) in [7, 11) is 0. The molecule has 0 aliphatic heterocycles. The molecule has 4 amide bonds. The third kappa shape index (κ3) is 7.52. The van der Waals surface area contributed by atoms with Crippen molar-refractivity contribution in [1.29, 1.82) is 0 Å². The molecule has 0 bridgehead atoms. The highest BCUT2D eigenvalue weighted by molar-refractivity contribution is 6.33. The van der Waals surface area contributed by atoms with Crippen molar-refractivity contribution in [3.63, 3.8) is 0 Å². The average Bonchev–Trinajstić information content (AvgIpc) is 2.58. The van der Waals surface area contributed by atoms with E-state index in [1.54, 1.807) is 18.2 Å². The summed E-state index contributed by atoms with van der Waals surface area (Å²) in [6.07, 6.45) is 0. The van der Waals surface area contributed by atoms with Gasteiger partial charge in [-0.3, -0.25) is 14.9 Å². The van der Waals surface area contributed by atoms with Crippen LogP contribution in [0.2, 0.25) is 5.02 Å². The number of carbonyl (C=O) groups excluding carboxylic acids is 4. The molecular formula is C17H22ClN3O5. The number of hydrogen-bond donors (Lipinski definition) is 3. The fraction of sp³-hybridized carbons (Fsp3) is 0.412. The van der Waals surface area contributed by atoms with Gasteiger partial charge < -0.3 is 15.4 Å². The van der Waals surface area contributed by atoms with Gasteiger partial charge in [-0.1, -0.05) is 37.6 Å². The van der Waals surface area contributed by atoms with E-state index in [2.05, 4.69) is 10.6 Å². The molecule has 1 aromatic rings. The van der Waals surface area contributed by atoms with Gasteiger partial charge in [0.05, 0.1) is 10.6 Å². The lowest BCUT2D eigenvalue weighted by molar-refractivity contribution is -0.149. The summed E-state index contributed by atoms with van der Waals surface area (Å²) in [6.45, 7) is 4.99. The van der Waals surface area contributed by atoms with Gasteiger partial charge in [-0.25, -0.2) is 9.59 Å². The normalized spacial score (nSPS) is 11.4. The molecule has 26 heavy (non-hydrogen) atoms. The zero-order valence-corrected chi connectivity index (χ0v) is 15.6. The Morgan fingerprint density at radius 1 is 1.12 bits per heavy atom. The number of halogens is 1. The summed E-state index contributed by atoms with van der Waals surface area (Å²) in [5, 5.41) is 7.20. The van der Waals surface area contributed by atoms with Gasteiger partial charge in [0.25, 0.3) is 11.8 Å². The SMILES string of the molecule is CC(C)CNC(=O)NC(=O)COC(=O)[C@@H](C)NC(=O)c1ccccc1Cl. The molecule has 0 saturated carbocycles. The van der Waals surface area contributed by atoms with Crippen LogP contribution in [0.25, 0.3) is 0 Å². The number of carbonyl (C=O) groups is 4. The molecule has 9 heteroatoms. The predicted molar refractivity (Wildman–Crippen MR) is 95.7 cm³/mol. The van der Waals surface area contributed by atoms with Gasteiger partial charge in [0.1, 0.15) is 6.04 Å². The maximum atomic E-state index is 12.1. The fourth-order valence-corrected chi connectivity index (χ4v) is 1.97. The predicted octanol–water partition coefficient (Wildman–Crippen LogP) is 1.48. The number of imide groups is 1. The molecule has 8 nitrogen and oxygen atoms in total. The minimum absolute atomic E-state index is 0.216. The Hall–Kier alpha value is -2.61. The van der Waals surface area contributed by atoms with Crippen molar-refractivity contribution in [2.75, 3.05) is 13.2 Å². The molecule has 0 aromatic heterocycles. The molecule has 3 N–H and O–H groups in total. The molecule has 0 aliphatic carbocycles. The Labute approximate surface area is 156 Å². The van der Waals surface area contributed by atoms with Crippen molar-refractivity contribution >= 4 is 35.4 Å². The van der Waals surface area contributed by atoms with E-state index in [0.717, 1.165) is 0 Å². The first kappa shape index (κ1) is 21.4. The molecule has 0 heterocycles. The van der Waals surface area contributed by atoms with Gasteiger partial charge in [0, 0.05) is 6.54 Å². The van der Waals surface area contributed by atoms with Crippen molar-refractivity contribution in [1.82, 2.24) is 16.0 Å². The zero-order chi connectivity index (χ0) is 19.7. The van der Waals surface area contributed by atoms with Gasteiger partial charge in [0.2, 0.25) is 0 Å². The van der Waals surface area contributed by atoms with Gasteiger partial charge in [-0.05, 0) is 25.0 Å². The van der Waals surface area contributed by atoms with Gasteiger partial charge in [-0.15, -0.1) is 0 Å². The molecule has 0 aliphatic rings. The maximum Gasteiger partial charge on any atom is 0.328 e. The third-order valence-corrected chi connectivity index (χ3v) is 3.42. The Kier molecular flexibility index (Phi) is 8.57. The highest BCUT2D eigenvalue weighted by Gasteiger charge is 2.20. The Balaban J connectivity index is 2.40. The molecule has 0 spiro atoms. The number of ether oxygens (including phenoxy) is 1. The fourth-order valence-electron chi connectivity index (χ4n) is 1.74. The summed E-state index contributed by atoms with van der Waals surface area (Å²) >= 11 is 5.91. The van der Waals surface area contributed by atoms with Crippen LogP contribution >= 0.6 is 11.6 Å². The highest BCUT2D eigenvalue weighted by Crippen LogP contribution is 2.14. The first-order valence-corrected chi connectivity index (χ1v) is 8.38. The monoisotopic (exact) mass is 383 g/mol. The second kappa shape index (κ2) is 10.4. The van der Waals surface area contributed by atoms with Crippen LogP contribution in [0.15, 0.2) is 24.3 Å². The van der Waals surface area contributed by atoms with Crippen molar-refractivity contribution in [2.24, 2.45) is 5.92 Å². The zero-order valence-electron chi connectivity index (χ0n) is 14.8. The van der Waals surface area contributed by atoms with Gasteiger partial charge in [-0.2, -0.15) is 0 Å². The standard InChI is InChI=1S/C17H22ClN3O5/c1-10(2)8-19-17(25)21-14(22)9-26-16(24)11(3)20-15(23)12-6-4-5-7-13(12)18/h4-7,10-11H,8-9H2,1-3H3,(H,20,23)(H2,19,21,22,25)/t11-/m1/s1. The van der Waals surface area contributed by atoms with Crippen molar-refractivity contribution < 1.29 is 23.9 Å². The second-order valence-electron chi connectivity index (χ2n) is 5.93. The van der Waals surface area contributed by atoms with E-state index in [9.17, 15) is 19.2 Å². The van der Waals surface area contributed by atoms with E-state index in [4.69, 9.17) is 16.3 Å². The molecule has 142 valence electrons. The molecule has 1 aromatic carbocycles. The number of hydrogen-bond acceptors (Lipinski definition) is 5. The topological polar surface area (TPSA) is 114 Å². The smallest absolute Gasteiger partial charge is 0.328 e. The molecular weight excluding hydrogens is 362 g/mol. The van der Waals surface area contributed by atoms with E-state index in [0.29, 0.717) is 6.54 Å². The van der Waals surface area contributed by atoms with Crippen LogP contribution in [0.5, 0.6) is 0 Å². The molecule has 0 fully saturated rings. The molecule has 0 radical (unpaired) electrons. The first-order valence-electron chi connectivity index (χ1n) is 8.00. The van der Waals surface area contributed by atoms with Crippen molar-refractivity contribution in [3.8, 4) is 0 Å². The Bertz CT molecular complexity index is 678. The number of urea groups is 1. The lowest BCUT2D eigenvalue weighted by atomic mass is 10.2. The summed E-state index contributed by atoms with van der Waals surface area (Å²) in [4.78, 5) is 46.9. The number of nitrogens with one attached hydrogen (secondary N) is 3. The first-order chi connectivity index (χ1) is 12.2. The largest absolute Gasteiger partial charge is 0.454 e. The third-order valence-electron chi connectivity index (χ3n) is 3.09. The van der Waals surface area contributed by atoms with Gasteiger partial charge in [0.15, 0.2) is 6.61 Å². The van der Waals surface area contributed by atoms with Crippen LogP contribution in [0.3, 0.4) is 0 Å². The molecule has 1 rings (SSSR count). The van der Waals surface area contributed by atoms with Crippen LogP contribution in [-0.4, -0.2) is 43.0 Å².